The van der Waals surface area contributed by atoms with Gasteiger partial charge in [-0.3, -0.25) is 14.9 Å². The molecular weight excluding hydrogens is 428 g/mol. The highest BCUT2D eigenvalue weighted by Gasteiger charge is 2.14. The number of hydrazone groups is 1. The van der Waals surface area contributed by atoms with E-state index in [1.165, 1.54) is 30.1 Å². The quantitative estimate of drug-likeness (QED) is 0.245. The van der Waals surface area contributed by atoms with E-state index in [1.807, 2.05) is 41.8 Å². The second-order valence-corrected chi connectivity index (χ2v) is 7.32. The summed E-state index contributed by atoms with van der Waals surface area (Å²) in [6.07, 6.45) is 1.31. The Morgan fingerprint density at radius 2 is 2.07 bits per heavy atom. The molecule has 154 valence electrons. The predicted molar refractivity (Wildman–Crippen MR) is 116 cm³/mol. The van der Waals surface area contributed by atoms with Gasteiger partial charge in [-0.25, -0.2) is 5.43 Å². The highest BCUT2D eigenvalue weighted by Crippen LogP contribution is 2.25. The van der Waals surface area contributed by atoms with Crippen LogP contribution in [0.25, 0.3) is 11.4 Å². The van der Waals surface area contributed by atoms with Crippen LogP contribution in [0.15, 0.2) is 58.8 Å². The van der Waals surface area contributed by atoms with Gasteiger partial charge in [0.15, 0.2) is 11.0 Å². The van der Waals surface area contributed by atoms with Crippen LogP contribution in [0.2, 0.25) is 5.02 Å². The molecule has 11 heteroatoms. The number of nitro benzene ring substituents is 1. The molecule has 0 saturated carbocycles. The normalized spacial score (nSPS) is 11.0. The Morgan fingerprint density at radius 3 is 2.77 bits per heavy atom. The summed E-state index contributed by atoms with van der Waals surface area (Å²) in [5.74, 6) is 0.486. The lowest BCUT2D eigenvalue weighted by atomic mass is 10.2. The van der Waals surface area contributed by atoms with E-state index in [0.29, 0.717) is 17.3 Å². The van der Waals surface area contributed by atoms with E-state index < -0.39 is 4.92 Å². The van der Waals surface area contributed by atoms with Gasteiger partial charge in [-0.05, 0) is 13.0 Å². The maximum absolute atomic E-state index is 12.1. The first kappa shape index (κ1) is 21.5. The van der Waals surface area contributed by atoms with E-state index in [4.69, 9.17) is 11.6 Å². The fourth-order valence-corrected chi connectivity index (χ4v) is 3.55. The average molecular weight is 445 g/mol. The first-order valence-electron chi connectivity index (χ1n) is 8.87. The number of aromatic nitrogens is 3. The van der Waals surface area contributed by atoms with Crippen molar-refractivity contribution < 1.29 is 9.72 Å². The summed E-state index contributed by atoms with van der Waals surface area (Å²) in [5.41, 5.74) is 3.55. The van der Waals surface area contributed by atoms with Crippen molar-refractivity contribution in [1.29, 1.82) is 0 Å². The Balaban J connectivity index is 1.59. The van der Waals surface area contributed by atoms with Crippen LogP contribution in [-0.4, -0.2) is 37.6 Å². The van der Waals surface area contributed by atoms with Gasteiger partial charge < -0.3 is 4.57 Å². The van der Waals surface area contributed by atoms with Crippen LogP contribution < -0.4 is 5.43 Å². The Labute approximate surface area is 181 Å². The van der Waals surface area contributed by atoms with Crippen molar-refractivity contribution in [2.45, 2.75) is 18.6 Å². The van der Waals surface area contributed by atoms with Gasteiger partial charge in [0.2, 0.25) is 0 Å². The topological polar surface area (TPSA) is 115 Å². The number of nitrogens with one attached hydrogen (secondary N) is 1. The van der Waals surface area contributed by atoms with Crippen molar-refractivity contribution in [1.82, 2.24) is 20.2 Å². The van der Waals surface area contributed by atoms with Crippen molar-refractivity contribution in [2.24, 2.45) is 5.10 Å². The largest absolute Gasteiger partial charge is 0.302 e. The van der Waals surface area contributed by atoms with Crippen LogP contribution in [0, 0.1) is 10.1 Å². The monoisotopic (exact) mass is 444 g/mol. The molecule has 0 spiro atoms. The zero-order chi connectivity index (χ0) is 21.5. The molecule has 30 heavy (non-hydrogen) atoms. The summed E-state index contributed by atoms with van der Waals surface area (Å²) in [7, 11) is 0. The number of amides is 1. The van der Waals surface area contributed by atoms with Gasteiger partial charge >= 0.3 is 0 Å². The molecule has 1 N–H and O–H groups in total. The van der Waals surface area contributed by atoms with Crippen molar-refractivity contribution in [3.63, 3.8) is 0 Å². The van der Waals surface area contributed by atoms with Crippen molar-refractivity contribution in [3.05, 3.63) is 69.2 Å². The SMILES string of the molecule is CCn1c(SCC(=O)NN=Cc2ccc(Cl)c([N+](=O)[O-])c2)nnc1-c1ccccc1. The number of nitrogens with zero attached hydrogens (tertiary/aromatic N) is 5. The Kier molecular flexibility index (Phi) is 7.15. The first-order chi connectivity index (χ1) is 14.5. The Hall–Kier alpha value is -3.24. The highest BCUT2D eigenvalue weighted by molar-refractivity contribution is 7.99. The smallest absolute Gasteiger partial charge is 0.288 e. The van der Waals surface area contributed by atoms with Crippen LogP contribution in [-0.2, 0) is 11.3 Å². The second kappa shape index (κ2) is 9.99. The van der Waals surface area contributed by atoms with E-state index in [9.17, 15) is 14.9 Å². The number of thioether (sulfide) groups is 1. The molecule has 0 radical (unpaired) electrons. The van der Waals surface area contributed by atoms with Crippen LogP contribution in [0.3, 0.4) is 0 Å². The maximum atomic E-state index is 12.1. The van der Waals surface area contributed by atoms with Crippen LogP contribution in [0.4, 0.5) is 5.69 Å². The summed E-state index contributed by atoms with van der Waals surface area (Å²) in [5, 5.41) is 23.8. The van der Waals surface area contributed by atoms with Crippen molar-refractivity contribution >= 4 is 41.2 Å². The Bertz CT molecular complexity index is 1090. The number of hydrogen-bond donors (Lipinski definition) is 1. The molecule has 1 amide bonds. The third kappa shape index (κ3) is 5.22. The van der Waals surface area contributed by atoms with Crippen LogP contribution in [0.1, 0.15) is 12.5 Å². The summed E-state index contributed by atoms with van der Waals surface area (Å²) in [6.45, 7) is 2.64. The molecule has 0 aliphatic heterocycles. The molecule has 3 rings (SSSR count). The lowest BCUT2D eigenvalue weighted by Gasteiger charge is -2.06. The van der Waals surface area contributed by atoms with Gasteiger partial charge in [0.1, 0.15) is 5.02 Å². The first-order valence-corrected chi connectivity index (χ1v) is 10.2. The van der Waals surface area contributed by atoms with Crippen LogP contribution >= 0.6 is 23.4 Å². The van der Waals surface area contributed by atoms with Gasteiger partial charge in [-0.15, -0.1) is 10.2 Å². The maximum Gasteiger partial charge on any atom is 0.288 e. The molecular formula is C19H17ClN6O3S. The number of benzene rings is 2. The molecule has 2 aromatic carbocycles. The molecule has 0 aliphatic rings. The lowest BCUT2D eigenvalue weighted by molar-refractivity contribution is -0.384. The van der Waals surface area contributed by atoms with E-state index >= 15 is 0 Å². The standard InChI is InChI=1S/C19H17ClN6O3S/c1-2-25-18(14-6-4-3-5-7-14)23-24-19(25)30-12-17(27)22-21-11-13-8-9-15(20)16(10-13)26(28)29/h3-11H,2,12H2,1H3,(H,22,27). The molecule has 0 fully saturated rings. The third-order valence-electron chi connectivity index (χ3n) is 3.97. The fraction of sp³-hybridized carbons (Fsp3) is 0.158. The van der Waals surface area contributed by atoms with Gasteiger partial charge in [0, 0.05) is 23.7 Å². The number of hydrogen-bond acceptors (Lipinski definition) is 7. The third-order valence-corrected chi connectivity index (χ3v) is 5.25. The number of halogens is 1. The summed E-state index contributed by atoms with van der Waals surface area (Å²) >= 11 is 7.02. The summed E-state index contributed by atoms with van der Waals surface area (Å²) in [4.78, 5) is 22.4. The minimum Gasteiger partial charge on any atom is -0.302 e. The molecule has 0 atom stereocenters. The average Bonchev–Trinajstić information content (AvgIpc) is 3.17. The Morgan fingerprint density at radius 1 is 1.30 bits per heavy atom. The van der Waals surface area contributed by atoms with E-state index in [2.05, 4.69) is 20.7 Å². The summed E-state index contributed by atoms with van der Waals surface area (Å²) < 4.78 is 1.93. The number of rotatable bonds is 8. The molecule has 3 aromatic rings. The number of nitro groups is 1. The fourth-order valence-electron chi connectivity index (χ4n) is 2.57. The molecule has 1 heterocycles. The molecule has 9 nitrogen and oxygen atoms in total. The van der Waals surface area contributed by atoms with Gasteiger partial charge in [0.05, 0.1) is 16.9 Å². The van der Waals surface area contributed by atoms with E-state index in [0.717, 1.165) is 11.4 Å². The molecule has 1 aromatic heterocycles. The predicted octanol–water partition coefficient (Wildman–Crippen LogP) is 3.77. The van der Waals surface area contributed by atoms with Gasteiger partial charge in [-0.2, -0.15) is 5.10 Å². The molecule has 0 aliphatic carbocycles. The number of carbonyl (C=O) groups excluding carboxylic acids is 1. The molecule has 0 saturated heterocycles. The minimum atomic E-state index is -0.581. The highest BCUT2D eigenvalue weighted by atomic mass is 35.5. The van der Waals surface area contributed by atoms with E-state index in [-0.39, 0.29) is 22.4 Å². The zero-order valence-electron chi connectivity index (χ0n) is 15.9. The lowest BCUT2D eigenvalue weighted by Crippen LogP contribution is -2.20. The van der Waals surface area contributed by atoms with Crippen molar-refractivity contribution in [3.8, 4) is 11.4 Å². The van der Waals surface area contributed by atoms with Gasteiger partial charge in [-0.1, -0.05) is 59.8 Å². The molecule has 0 bridgehead atoms. The second-order valence-electron chi connectivity index (χ2n) is 5.97. The van der Waals surface area contributed by atoms with Crippen LogP contribution in [0.5, 0.6) is 0 Å². The van der Waals surface area contributed by atoms with Crippen molar-refractivity contribution in [2.75, 3.05) is 5.75 Å². The van der Waals surface area contributed by atoms with Gasteiger partial charge in [0.25, 0.3) is 11.6 Å². The summed E-state index contributed by atoms with van der Waals surface area (Å²) in [6, 6.07) is 13.9. The molecule has 0 unspecified atom stereocenters. The zero-order valence-corrected chi connectivity index (χ0v) is 17.4. The van der Waals surface area contributed by atoms with E-state index in [1.54, 1.807) is 6.07 Å². The minimum absolute atomic E-state index is 0.0347. The number of carbonyl (C=O) groups is 1.